The van der Waals surface area contributed by atoms with Crippen molar-refractivity contribution in [1.29, 1.82) is 0 Å². The molecule has 0 spiro atoms. The van der Waals surface area contributed by atoms with Gasteiger partial charge in [0.25, 0.3) is 0 Å². The lowest BCUT2D eigenvalue weighted by molar-refractivity contribution is -0.384. The van der Waals surface area contributed by atoms with Crippen LogP contribution in [0.2, 0.25) is 5.15 Å². The molecule has 6 nitrogen and oxygen atoms in total. The third kappa shape index (κ3) is 2.88. The molecule has 1 N–H and O–H groups in total. The number of hydrogen-bond donors (Lipinski definition) is 1. The van der Waals surface area contributed by atoms with E-state index >= 15 is 0 Å². The van der Waals surface area contributed by atoms with Crippen molar-refractivity contribution >= 4 is 23.1 Å². The molecule has 2 atom stereocenters. The van der Waals surface area contributed by atoms with E-state index in [9.17, 15) is 10.1 Å². The number of nitrogens with zero attached hydrogens (tertiary/aromatic N) is 2. The molecule has 1 saturated heterocycles. The molecule has 0 aliphatic carbocycles. The summed E-state index contributed by atoms with van der Waals surface area (Å²) in [6.07, 6.45) is 2.02. The molecule has 2 heterocycles. The van der Waals surface area contributed by atoms with Crippen molar-refractivity contribution in [3.8, 4) is 0 Å². The van der Waals surface area contributed by atoms with Gasteiger partial charge in [0.2, 0.25) is 5.82 Å². The highest BCUT2D eigenvalue weighted by Gasteiger charge is 2.25. The van der Waals surface area contributed by atoms with Crippen molar-refractivity contribution < 1.29 is 9.66 Å². The Kier molecular flexibility index (Phi) is 3.98. The number of aromatic nitrogens is 1. The molecule has 1 aromatic rings. The van der Waals surface area contributed by atoms with Crippen molar-refractivity contribution in [2.24, 2.45) is 0 Å². The third-order valence-corrected chi connectivity index (χ3v) is 3.13. The quantitative estimate of drug-likeness (QED) is 0.517. The average molecular weight is 272 g/mol. The molecule has 0 amide bonds. The molecule has 98 valence electrons. The van der Waals surface area contributed by atoms with Gasteiger partial charge in [0, 0.05) is 12.7 Å². The van der Waals surface area contributed by atoms with Gasteiger partial charge >= 0.3 is 5.69 Å². The van der Waals surface area contributed by atoms with E-state index in [1.54, 1.807) is 0 Å². The zero-order valence-corrected chi connectivity index (χ0v) is 10.7. The summed E-state index contributed by atoms with van der Waals surface area (Å²) >= 11 is 5.76. The van der Waals surface area contributed by atoms with Crippen molar-refractivity contribution in [2.45, 2.75) is 31.9 Å². The molecule has 1 aliphatic heterocycles. The fourth-order valence-corrected chi connectivity index (χ4v) is 2.13. The van der Waals surface area contributed by atoms with Crippen LogP contribution in [0.15, 0.2) is 12.1 Å². The Hall–Kier alpha value is -1.40. The number of rotatable bonds is 4. The van der Waals surface area contributed by atoms with Gasteiger partial charge in [-0.2, -0.15) is 0 Å². The van der Waals surface area contributed by atoms with E-state index < -0.39 is 4.92 Å². The summed E-state index contributed by atoms with van der Waals surface area (Å²) in [6, 6.07) is 2.71. The molecule has 1 aromatic heterocycles. The first-order valence-electron chi connectivity index (χ1n) is 5.77. The highest BCUT2D eigenvalue weighted by Crippen LogP contribution is 2.26. The topological polar surface area (TPSA) is 77.3 Å². The molecule has 0 radical (unpaired) electrons. The number of anilines is 1. The Morgan fingerprint density at radius 3 is 3.06 bits per heavy atom. The van der Waals surface area contributed by atoms with E-state index in [1.165, 1.54) is 12.1 Å². The van der Waals surface area contributed by atoms with Crippen LogP contribution in [0.1, 0.15) is 19.8 Å². The summed E-state index contributed by atoms with van der Waals surface area (Å²) in [5.41, 5.74) is -0.0794. The van der Waals surface area contributed by atoms with Crippen molar-refractivity contribution in [1.82, 2.24) is 4.98 Å². The molecule has 0 bridgehead atoms. The lowest BCUT2D eigenvalue weighted by Crippen LogP contribution is -2.30. The number of hydrogen-bond acceptors (Lipinski definition) is 5. The second-order valence-corrected chi connectivity index (χ2v) is 4.63. The van der Waals surface area contributed by atoms with E-state index in [2.05, 4.69) is 10.3 Å². The maximum absolute atomic E-state index is 10.9. The monoisotopic (exact) mass is 271 g/mol. The Labute approximate surface area is 109 Å². The number of halogens is 1. The largest absolute Gasteiger partial charge is 0.376 e. The SMILES string of the molecule is CC(Nc1nc(Cl)ccc1[N+](=O)[O-])C1CCCO1. The molecule has 1 fully saturated rings. The number of nitro groups is 1. The number of pyridine rings is 1. The second kappa shape index (κ2) is 5.49. The predicted molar refractivity (Wildman–Crippen MR) is 68.0 cm³/mol. The van der Waals surface area contributed by atoms with Crippen LogP contribution in [0.5, 0.6) is 0 Å². The van der Waals surface area contributed by atoms with Crippen LogP contribution in [0.3, 0.4) is 0 Å². The van der Waals surface area contributed by atoms with Crippen LogP contribution < -0.4 is 5.32 Å². The molecule has 0 saturated carbocycles. The van der Waals surface area contributed by atoms with Gasteiger partial charge in [-0.25, -0.2) is 4.98 Å². The third-order valence-electron chi connectivity index (χ3n) is 2.92. The first kappa shape index (κ1) is 13.0. The molecular formula is C11H14ClN3O3. The number of nitrogens with one attached hydrogen (secondary N) is 1. The van der Waals surface area contributed by atoms with Gasteiger partial charge in [0.1, 0.15) is 5.15 Å². The molecule has 7 heteroatoms. The molecule has 2 unspecified atom stereocenters. The first-order chi connectivity index (χ1) is 8.58. The summed E-state index contributed by atoms with van der Waals surface area (Å²) in [5, 5.41) is 14.1. The molecule has 18 heavy (non-hydrogen) atoms. The molecule has 1 aliphatic rings. The van der Waals surface area contributed by atoms with E-state index in [0.29, 0.717) is 0 Å². The van der Waals surface area contributed by atoms with Crippen LogP contribution in [0.4, 0.5) is 11.5 Å². The minimum absolute atomic E-state index is 0.0443. The van der Waals surface area contributed by atoms with Gasteiger partial charge < -0.3 is 10.1 Å². The Bertz CT molecular complexity index is 449. The fraction of sp³-hybridized carbons (Fsp3) is 0.545. The van der Waals surface area contributed by atoms with Gasteiger partial charge in [0.05, 0.1) is 17.1 Å². The van der Waals surface area contributed by atoms with Crippen LogP contribution >= 0.6 is 11.6 Å². The lowest BCUT2D eigenvalue weighted by atomic mass is 10.1. The molecule has 2 rings (SSSR count). The van der Waals surface area contributed by atoms with E-state index in [-0.39, 0.29) is 28.8 Å². The van der Waals surface area contributed by atoms with E-state index in [4.69, 9.17) is 16.3 Å². The fourth-order valence-electron chi connectivity index (χ4n) is 1.99. The van der Waals surface area contributed by atoms with Gasteiger partial charge in [-0.3, -0.25) is 10.1 Å². The summed E-state index contributed by atoms with van der Waals surface area (Å²) in [6.45, 7) is 2.66. The Morgan fingerprint density at radius 1 is 1.67 bits per heavy atom. The minimum Gasteiger partial charge on any atom is -0.376 e. The second-order valence-electron chi connectivity index (χ2n) is 4.24. The van der Waals surface area contributed by atoms with Crippen LogP contribution in [-0.4, -0.2) is 28.7 Å². The van der Waals surface area contributed by atoms with Gasteiger partial charge in [-0.15, -0.1) is 0 Å². The number of ether oxygens (including phenoxy) is 1. The maximum Gasteiger partial charge on any atom is 0.311 e. The van der Waals surface area contributed by atoms with Crippen molar-refractivity contribution in [3.63, 3.8) is 0 Å². The van der Waals surface area contributed by atoms with Gasteiger partial charge in [-0.05, 0) is 25.8 Å². The van der Waals surface area contributed by atoms with Crippen LogP contribution in [-0.2, 0) is 4.74 Å². The van der Waals surface area contributed by atoms with Gasteiger partial charge in [-0.1, -0.05) is 11.6 Å². The first-order valence-corrected chi connectivity index (χ1v) is 6.15. The van der Waals surface area contributed by atoms with Gasteiger partial charge in [0.15, 0.2) is 0 Å². The predicted octanol–water partition coefficient (Wildman–Crippen LogP) is 2.62. The highest BCUT2D eigenvalue weighted by molar-refractivity contribution is 6.29. The zero-order chi connectivity index (χ0) is 13.1. The highest BCUT2D eigenvalue weighted by atomic mass is 35.5. The standard InChI is InChI=1S/C11H14ClN3O3/c1-7(9-3-2-6-18-9)13-11-8(15(16)17)4-5-10(12)14-11/h4-5,7,9H,2-3,6H2,1H3,(H,13,14). The van der Waals surface area contributed by atoms with Crippen molar-refractivity contribution in [3.05, 3.63) is 27.4 Å². The van der Waals surface area contributed by atoms with E-state index in [0.717, 1.165) is 19.4 Å². The van der Waals surface area contributed by atoms with Crippen LogP contribution in [0, 0.1) is 10.1 Å². The van der Waals surface area contributed by atoms with Crippen LogP contribution in [0.25, 0.3) is 0 Å². The summed E-state index contributed by atoms with van der Waals surface area (Å²) in [7, 11) is 0. The molecule has 0 aromatic carbocycles. The minimum atomic E-state index is -0.478. The average Bonchev–Trinajstić information content (AvgIpc) is 2.81. The Morgan fingerprint density at radius 2 is 2.44 bits per heavy atom. The summed E-state index contributed by atoms with van der Waals surface area (Å²) in [5.74, 6) is 0.190. The normalized spacial score (nSPS) is 20.7. The van der Waals surface area contributed by atoms with E-state index in [1.807, 2.05) is 6.92 Å². The smallest absolute Gasteiger partial charge is 0.311 e. The van der Waals surface area contributed by atoms with Crippen molar-refractivity contribution in [2.75, 3.05) is 11.9 Å². The Balaban J connectivity index is 2.16. The summed E-state index contributed by atoms with van der Waals surface area (Å²) < 4.78 is 5.52. The lowest BCUT2D eigenvalue weighted by Gasteiger charge is -2.20. The zero-order valence-electron chi connectivity index (χ0n) is 9.93. The molecular weight excluding hydrogens is 258 g/mol. The maximum atomic E-state index is 10.9. The summed E-state index contributed by atoms with van der Waals surface area (Å²) in [4.78, 5) is 14.4.